The number of hydrogen-bond donors (Lipinski definition) is 2. The molecule has 1 heterocycles. The fourth-order valence-electron chi connectivity index (χ4n) is 4.39. The summed E-state index contributed by atoms with van der Waals surface area (Å²) in [6.07, 6.45) is 8.10. The van der Waals surface area contributed by atoms with Gasteiger partial charge in [0.25, 0.3) is 0 Å². The number of ether oxygens (including phenoxy) is 1. The lowest BCUT2D eigenvalue weighted by Gasteiger charge is -2.17. The van der Waals surface area contributed by atoms with Gasteiger partial charge in [-0.15, -0.1) is 11.8 Å². The van der Waals surface area contributed by atoms with Crippen LogP contribution < -0.4 is 4.74 Å². The molecule has 3 rings (SSSR count). The van der Waals surface area contributed by atoms with Crippen LogP contribution in [0.2, 0.25) is 0 Å². The summed E-state index contributed by atoms with van der Waals surface area (Å²) < 4.78 is 6.30. The molecule has 2 N–H and O–H groups in total. The first-order valence-corrected chi connectivity index (χ1v) is 10.3. The summed E-state index contributed by atoms with van der Waals surface area (Å²) in [5.74, 6) is 6.93. The Balaban J connectivity index is 1.70. The van der Waals surface area contributed by atoms with Crippen LogP contribution in [0.4, 0.5) is 0 Å². The number of para-hydroxylation sites is 1. The molecule has 150 valence electrons. The number of aliphatic carboxylic acids is 1. The average molecular weight is 383 g/mol. The Labute approximate surface area is 167 Å². The summed E-state index contributed by atoms with van der Waals surface area (Å²) in [4.78, 5) is 10.8. The van der Waals surface area contributed by atoms with Gasteiger partial charge in [-0.25, -0.2) is 0 Å². The minimum Gasteiger partial charge on any atom is -0.489 e. The summed E-state index contributed by atoms with van der Waals surface area (Å²) in [5.41, 5.74) is 2.35. The highest BCUT2D eigenvalue weighted by molar-refractivity contribution is 5.66. The van der Waals surface area contributed by atoms with E-state index in [4.69, 9.17) is 9.84 Å². The molecule has 0 radical (unpaired) electrons. The first-order chi connectivity index (χ1) is 13.5. The molecule has 1 aliphatic heterocycles. The van der Waals surface area contributed by atoms with Crippen molar-refractivity contribution in [3.05, 3.63) is 41.5 Å². The maximum absolute atomic E-state index is 10.8. The van der Waals surface area contributed by atoms with Gasteiger partial charge in [0.05, 0.1) is 6.10 Å². The summed E-state index contributed by atoms with van der Waals surface area (Å²) in [5, 5.41) is 19.3. The van der Waals surface area contributed by atoms with Gasteiger partial charge in [-0.1, -0.05) is 37.3 Å². The van der Waals surface area contributed by atoms with Crippen molar-refractivity contribution in [3.63, 3.8) is 0 Å². The Hall–Kier alpha value is -2.25. The topological polar surface area (TPSA) is 66.8 Å². The second-order valence-electron chi connectivity index (χ2n) is 7.99. The molecule has 0 unspecified atom stereocenters. The third kappa shape index (κ3) is 4.59. The van der Waals surface area contributed by atoms with Gasteiger partial charge in [0.15, 0.2) is 0 Å². The molecule has 0 amide bonds. The molecule has 0 spiro atoms. The van der Waals surface area contributed by atoms with Gasteiger partial charge in [-0.2, -0.15) is 0 Å². The van der Waals surface area contributed by atoms with Crippen LogP contribution >= 0.6 is 0 Å². The van der Waals surface area contributed by atoms with Crippen molar-refractivity contribution in [2.45, 2.75) is 70.5 Å². The molecule has 4 nitrogen and oxygen atoms in total. The molecule has 28 heavy (non-hydrogen) atoms. The molecule has 1 aliphatic carbocycles. The number of aryl methyl sites for hydroxylation is 1. The summed E-state index contributed by atoms with van der Waals surface area (Å²) >= 11 is 0. The van der Waals surface area contributed by atoms with Gasteiger partial charge in [-0.05, 0) is 50.0 Å². The van der Waals surface area contributed by atoms with Crippen LogP contribution in [-0.2, 0) is 11.2 Å². The van der Waals surface area contributed by atoms with E-state index >= 15 is 0 Å². The summed E-state index contributed by atoms with van der Waals surface area (Å²) in [7, 11) is 0. The average Bonchev–Trinajstić information content (AvgIpc) is 3.24. The number of fused-ring (bicyclic) bond motifs is 3. The van der Waals surface area contributed by atoms with Crippen molar-refractivity contribution in [3.8, 4) is 17.6 Å². The number of allylic oxidation sites excluding steroid dienone is 1. The first kappa shape index (κ1) is 20.5. The van der Waals surface area contributed by atoms with Crippen LogP contribution in [-0.4, -0.2) is 28.4 Å². The Kier molecular flexibility index (Phi) is 6.80. The van der Waals surface area contributed by atoms with Crippen LogP contribution in [0.15, 0.2) is 30.4 Å². The second-order valence-corrected chi connectivity index (χ2v) is 7.99. The lowest BCUT2D eigenvalue weighted by molar-refractivity contribution is -0.137. The highest BCUT2D eigenvalue weighted by atomic mass is 16.5. The largest absolute Gasteiger partial charge is 0.489 e. The van der Waals surface area contributed by atoms with E-state index in [9.17, 15) is 9.90 Å². The zero-order chi connectivity index (χ0) is 20.1. The number of carbonyl (C=O) groups is 1. The number of benzene rings is 1. The number of carboxylic acids is 1. The third-order valence-electron chi connectivity index (χ3n) is 5.98. The molecule has 5 atom stereocenters. The maximum Gasteiger partial charge on any atom is 0.303 e. The van der Waals surface area contributed by atoms with Gasteiger partial charge in [0.2, 0.25) is 0 Å². The van der Waals surface area contributed by atoms with Gasteiger partial charge < -0.3 is 14.9 Å². The van der Waals surface area contributed by atoms with Crippen LogP contribution in [0.5, 0.6) is 5.75 Å². The normalized spacial score (nSPS) is 24.8. The van der Waals surface area contributed by atoms with E-state index in [-0.39, 0.29) is 18.4 Å². The number of rotatable bonds is 8. The van der Waals surface area contributed by atoms with Gasteiger partial charge >= 0.3 is 5.97 Å². The predicted molar refractivity (Wildman–Crippen MR) is 109 cm³/mol. The lowest BCUT2D eigenvalue weighted by Crippen LogP contribution is -2.17. The van der Waals surface area contributed by atoms with E-state index in [1.807, 2.05) is 26.0 Å². The van der Waals surface area contributed by atoms with Gasteiger partial charge in [-0.3, -0.25) is 4.79 Å². The molecular formula is C24H30O4. The Bertz CT molecular complexity index is 786. The van der Waals surface area contributed by atoms with Crippen LogP contribution in [0.1, 0.15) is 63.0 Å². The smallest absolute Gasteiger partial charge is 0.303 e. The van der Waals surface area contributed by atoms with E-state index < -0.39 is 12.1 Å². The van der Waals surface area contributed by atoms with E-state index in [0.29, 0.717) is 24.7 Å². The Morgan fingerprint density at radius 3 is 2.96 bits per heavy atom. The molecule has 0 bridgehead atoms. The molecular weight excluding hydrogens is 352 g/mol. The van der Waals surface area contributed by atoms with Gasteiger partial charge in [0, 0.05) is 24.3 Å². The molecule has 4 heteroatoms. The monoisotopic (exact) mass is 382 g/mol. The predicted octanol–water partition coefficient (Wildman–Crippen LogP) is 4.32. The number of aliphatic hydroxyl groups excluding tert-OH is 1. The van der Waals surface area contributed by atoms with Crippen LogP contribution in [0.3, 0.4) is 0 Å². The Morgan fingerprint density at radius 1 is 1.39 bits per heavy atom. The molecule has 1 saturated carbocycles. The molecule has 1 aromatic rings. The fourth-order valence-corrected chi connectivity index (χ4v) is 4.39. The quantitative estimate of drug-likeness (QED) is 0.519. The lowest BCUT2D eigenvalue weighted by atomic mass is 9.86. The van der Waals surface area contributed by atoms with Crippen molar-refractivity contribution in [1.82, 2.24) is 0 Å². The summed E-state index contributed by atoms with van der Waals surface area (Å²) in [6, 6.07) is 6.25. The molecule has 0 saturated heterocycles. The van der Waals surface area contributed by atoms with E-state index in [1.165, 1.54) is 5.56 Å². The molecule has 2 aliphatic rings. The van der Waals surface area contributed by atoms with E-state index in [0.717, 1.165) is 30.6 Å². The van der Waals surface area contributed by atoms with Crippen molar-refractivity contribution in [2.75, 3.05) is 0 Å². The minimum atomic E-state index is -0.756. The van der Waals surface area contributed by atoms with Crippen molar-refractivity contribution in [1.29, 1.82) is 0 Å². The Morgan fingerprint density at radius 2 is 2.21 bits per heavy atom. The molecule has 1 aromatic carbocycles. The standard InChI is InChI=1S/C24H30O4/c1-3-4-7-16(2)20(25)14-12-17-13-15-21-23(17)19-10-5-8-18(24(19)28-21)9-6-11-22(26)27/h5,8,10,12,14,16-17,20-21,23,25H,6-7,9,11,13,15H2,1-2H3,(H,26,27)/b14-12+/t16-,17-,20+,21-,23-/m0/s1. The molecule has 1 fully saturated rings. The van der Waals surface area contributed by atoms with Crippen molar-refractivity contribution in [2.24, 2.45) is 11.8 Å². The van der Waals surface area contributed by atoms with Crippen LogP contribution in [0, 0.1) is 23.7 Å². The summed E-state index contributed by atoms with van der Waals surface area (Å²) in [6.45, 7) is 3.84. The number of hydrogen-bond acceptors (Lipinski definition) is 3. The highest BCUT2D eigenvalue weighted by Crippen LogP contribution is 2.51. The fraction of sp³-hybridized carbons (Fsp3) is 0.542. The number of aliphatic hydroxyl groups is 1. The number of carboxylic acid groups (broad SMARTS) is 1. The van der Waals surface area contributed by atoms with E-state index in [2.05, 4.69) is 30.0 Å². The van der Waals surface area contributed by atoms with E-state index in [1.54, 1.807) is 0 Å². The van der Waals surface area contributed by atoms with Crippen molar-refractivity contribution >= 4 is 5.97 Å². The zero-order valence-electron chi connectivity index (χ0n) is 16.7. The minimum absolute atomic E-state index is 0.119. The van der Waals surface area contributed by atoms with Gasteiger partial charge in [0.1, 0.15) is 11.9 Å². The first-order valence-electron chi connectivity index (χ1n) is 10.3. The SMILES string of the molecule is CC#CC[C@H](C)[C@H](O)/C=C/[C@H]1CC[C@@H]2Oc3c(CCCC(=O)O)cccc3[C@@H]21. The zero-order valence-corrected chi connectivity index (χ0v) is 16.7. The molecule has 0 aromatic heterocycles. The van der Waals surface area contributed by atoms with Crippen LogP contribution in [0.25, 0.3) is 0 Å². The van der Waals surface area contributed by atoms with Crippen molar-refractivity contribution < 1.29 is 19.7 Å². The highest BCUT2D eigenvalue weighted by Gasteiger charge is 2.44. The maximum atomic E-state index is 10.8. The second kappa shape index (κ2) is 9.30. The third-order valence-corrected chi connectivity index (χ3v) is 5.98.